The van der Waals surface area contributed by atoms with E-state index in [-0.39, 0.29) is 17.8 Å². The fourth-order valence-electron chi connectivity index (χ4n) is 3.57. The number of carbonyl (C=O) groups is 1. The Kier molecular flexibility index (Phi) is 8.21. The summed E-state index contributed by atoms with van der Waals surface area (Å²) < 4.78 is 28.4. The molecule has 0 spiro atoms. The maximum atomic E-state index is 13.1. The molecule has 33 heavy (non-hydrogen) atoms. The van der Waals surface area contributed by atoms with Crippen LogP contribution in [0, 0.1) is 0 Å². The second-order valence-electron chi connectivity index (χ2n) is 6.89. The number of aromatic nitrogens is 2. The molecule has 2 aromatic carbocycles. The SMILES string of the molecule is CCOc1cc(OCC)nc(OC(C(=O)OC)C(OC)(c2ccccc2)c2ccccc2)n1. The standard InChI is InChI=1S/C25H28N2O6/c1-5-31-20-17-21(32-6-2)27-24(26-20)33-22(23(28)29-3)25(30-4,18-13-9-7-10-14-18)19-15-11-8-12-16-19/h7-17,22H,5-6H2,1-4H3. The third-order valence-electron chi connectivity index (χ3n) is 4.98. The van der Waals surface area contributed by atoms with E-state index in [0.29, 0.717) is 24.3 Å². The van der Waals surface area contributed by atoms with Crippen molar-refractivity contribution in [3.63, 3.8) is 0 Å². The molecule has 1 unspecified atom stereocenters. The van der Waals surface area contributed by atoms with Gasteiger partial charge in [0.05, 0.1) is 26.4 Å². The molecule has 0 amide bonds. The quantitative estimate of drug-likeness (QED) is 0.406. The van der Waals surface area contributed by atoms with E-state index in [4.69, 9.17) is 23.7 Å². The van der Waals surface area contributed by atoms with Crippen molar-refractivity contribution >= 4 is 5.97 Å². The second kappa shape index (κ2) is 11.3. The van der Waals surface area contributed by atoms with Gasteiger partial charge in [0.2, 0.25) is 17.9 Å². The Morgan fingerprint density at radius 3 is 1.73 bits per heavy atom. The Morgan fingerprint density at radius 2 is 1.33 bits per heavy atom. The number of hydrogen-bond donors (Lipinski definition) is 0. The number of ether oxygens (including phenoxy) is 5. The monoisotopic (exact) mass is 452 g/mol. The van der Waals surface area contributed by atoms with Crippen LogP contribution in [0.2, 0.25) is 0 Å². The summed E-state index contributed by atoms with van der Waals surface area (Å²) in [6.45, 7) is 4.44. The van der Waals surface area contributed by atoms with E-state index in [1.165, 1.54) is 14.2 Å². The van der Waals surface area contributed by atoms with Crippen LogP contribution in [0.15, 0.2) is 66.7 Å². The Morgan fingerprint density at radius 1 is 0.848 bits per heavy atom. The molecule has 1 aromatic heterocycles. The molecule has 8 heteroatoms. The van der Waals surface area contributed by atoms with Crippen LogP contribution in [0.5, 0.6) is 17.8 Å². The fourth-order valence-corrected chi connectivity index (χ4v) is 3.57. The summed E-state index contributed by atoms with van der Waals surface area (Å²) in [5, 5.41) is 0. The molecule has 0 radical (unpaired) electrons. The van der Waals surface area contributed by atoms with E-state index in [1.54, 1.807) is 6.07 Å². The fraction of sp³-hybridized carbons (Fsp3) is 0.320. The first-order valence-corrected chi connectivity index (χ1v) is 10.6. The van der Waals surface area contributed by atoms with Gasteiger partial charge in [0.15, 0.2) is 5.60 Å². The van der Waals surface area contributed by atoms with E-state index >= 15 is 0 Å². The minimum Gasteiger partial charge on any atom is -0.478 e. The zero-order valence-corrected chi connectivity index (χ0v) is 19.2. The average Bonchev–Trinajstić information content (AvgIpc) is 2.85. The second-order valence-corrected chi connectivity index (χ2v) is 6.89. The maximum Gasteiger partial charge on any atom is 0.351 e. The number of methoxy groups -OCH3 is 2. The molecule has 174 valence electrons. The normalized spacial score (nSPS) is 12.0. The number of benzene rings is 2. The van der Waals surface area contributed by atoms with Gasteiger partial charge in [-0.1, -0.05) is 60.7 Å². The minimum absolute atomic E-state index is 0.104. The molecule has 0 aliphatic carbocycles. The molecule has 1 heterocycles. The Hall–Kier alpha value is -3.65. The molecule has 0 aliphatic rings. The van der Waals surface area contributed by atoms with Crippen LogP contribution in [-0.4, -0.2) is 49.5 Å². The van der Waals surface area contributed by atoms with Crippen molar-refractivity contribution in [2.75, 3.05) is 27.4 Å². The highest BCUT2D eigenvalue weighted by atomic mass is 16.6. The highest BCUT2D eigenvalue weighted by Crippen LogP contribution is 2.39. The van der Waals surface area contributed by atoms with Crippen molar-refractivity contribution in [1.82, 2.24) is 9.97 Å². The number of carbonyl (C=O) groups excluding carboxylic acids is 1. The van der Waals surface area contributed by atoms with Gasteiger partial charge in [-0.25, -0.2) is 4.79 Å². The van der Waals surface area contributed by atoms with Crippen molar-refractivity contribution in [2.24, 2.45) is 0 Å². The molecule has 0 saturated carbocycles. The molecular formula is C25H28N2O6. The van der Waals surface area contributed by atoms with Crippen molar-refractivity contribution < 1.29 is 28.5 Å². The number of nitrogens with zero attached hydrogens (tertiary/aromatic N) is 2. The zero-order valence-electron chi connectivity index (χ0n) is 19.2. The van der Waals surface area contributed by atoms with Crippen molar-refractivity contribution in [3.05, 3.63) is 77.9 Å². The third-order valence-corrected chi connectivity index (χ3v) is 4.98. The Balaban J connectivity index is 2.18. The third kappa shape index (κ3) is 5.23. The molecule has 0 N–H and O–H groups in total. The van der Waals surface area contributed by atoms with Crippen LogP contribution in [0.3, 0.4) is 0 Å². The van der Waals surface area contributed by atoms with Gasteiger partial charge in [0.1, 0.15) is 0 Å². The van der Waals surface area contributed by atoms with Crippen LogP contribution >= 0.6 is 0 Å². The van der Waals surface area contributed by atoms with Gasteiger partial charge >= 0.3 is 12.0 Å². The van der Waals surface area contributed by atoms with Gasteiger partial charge in [-0.3, -0.25) is 0 Å². The average molecular weight is 453 g/mol. The molecular weight excluding hydrogens is 424 g/mol. The van der Waals surface area contributed by atoms with E-state index in [9.17, 15) is 4.79 Å². The minimum atomic E-state index is -1.35. The first-order chi connectivity index (χ1) is 16.1. The molecule has 0 bridgehead atoms. The van der Waals surface area contributed by atoms with Gasteiger partial charge in [0, 0.05) is 7.11 Å². The van der Waals surface area contributed by atoms with E-state index in [1.807, 2.05) is 74.5 Å². The molecule has 3 rings (SSSR count). The van der Waals surface area contributed by atoms with Gasteiger partial charge in [0.25, 0.3) is 0 Å². The van der Waals surface area contributed by atoms with Gasteiger partial charge in [-0.2, -0.15) is 9.97 Å². The number of esters is 1. The molecule has 0 fully saturated rings. The van der Waals surface area contributed by atoms with Crippen LogP contribution in [0.4, 0.5) is 0 Å². The predicted molar refractivity (Wildman–Crippen MR) is 121 cm³/mol. The summed E-state index contributed by atoms with van der Waals surface area (Å²) >= 11 is 0. The first-order valence-electron chi connectivity index (χ1n) is 10.6. The van der Waals surface area contributed by atoms with Gasteiger partial charge < -0.3 is 23.7 Å². The lowest BCUT2D eigenvalue weighted by Crippen LogP contribution is -2.51. The Bertz CT molecular complexity index is 966. The van der Waals surface area contributed by atoms with Crippen molar-refractivity contribution in [3.8, 4) is 17.8 Å². The molecule has 3 aromatic rings. The van der Waals surface area contributed by atoms with E-state index in [0.717, 1.165) is 0 Å². The summed E-state index contributed by atoms with van der Waals surface area (Å²) in [7, 11) is 2.81. The summed E-state index contributed by atoms with van der Waals surface area (Å²) in [6, 6.07) is 20.1. The Labute approximate surface area is 193 Å². The molecule has 0 saturated heterocycles. The largest absolute Gasteiger partial charge is 0.478 e. The molecule has 8 nitrogen and oxygen atoms in total. The topological polar surface area (TPSA) is 89.0 Å². The summed E-state index contributed by atoms with van der Waals surface area (Å²) in [6.07, 6.45) is -1.29. The number of rotatable bonds is 11. The lowest BCUT2D eigenvalue weighted by molar-refractivity contribution is -0.164. The van der Waals surface area contributed by atoms with Crippen LogP contribution in [0.25, 0.3) is 0 Å². The summed E-state index contributed by atoms with van der Waals surface area (Å²) in [5.41, 5.74) is 0.0343. The van der Waals surface area contributed by atoms with E-state index < -0.39 is 17.7 Å². The van der Waals surface area contributed by atoms with Crippen molar-refractivity contribution in [2.45, 2.75) is 25.6 Å². The molecule has 0 aliphatic heterocycles. The van der Waals surface area contributed by atoms with Crippen molar-refractivity contribution in [1.29, 1.82) is 0 Å². The van der Waals surface area contributed by atoms with E-state index in [2.05, 4.69) is 9.97 Å². The highest BCUT2D eigenvalue weighted by Gasteiger charge is 2.50. The summed E-state index contributed by atoms with van der Waals surface area (Å²) in [5.74, 6) is -0.137. The smallest absolute Gasteiger partial charge is 0.351 e. The van der Waals surface area contributed by atoms with Crippen LogP contribution in [0.1, 0.15) is 25.0 Å². The van der Waals surface area contributed by atoms with Crippen LogP contribution in [-0.2, 0) is 19.9 Å². The lowest BCUT2D eigenvalue weighted by Gasteiger charge is -2.38. The maximum absolute atomic E-state index is 13.1. The number of hydrogen-bond acceptors (Lipinski definition) is 8. The summed E-state index contributed by atoms with van der Waals surface area (Å²) in [4.78, 5) is 21.7. The lowest BCUT2D eigenvalue weighted by atomic mass is 9.81. The highest BCUT2D eigenvalue weighted by molar-refractivity contribution is 5.78. The first kappa shape index (κ1) is 24.0. The predicted octanol–water partition coefficient (Wildman–Crippen LogP) is 3.78. The van der Waals surface area contributed by atoms with Gasteiger partial charge in [-0.15, -0.1) is 0 Å². The van der Waals surface area contributed by atoms with Crippen LogP contribution < -0.4 is 14.2 Å². The zero-order chi connectivity index (χ0) is 23.7. The molecule has 1 atom stereocenters. The van der Waals surface area contributed by atoms with Gasteiger partial charge in [-0.05, 0) is 25.0 Å².